The summed E-state index contributed by atoms with van der Waals surface area (Å²) in [6.45, 7) is 3.73. The molecule has 1 unspecified atom stereocenters. The normalized spacial score (nSPS) is 14.9. The molecule has 0 spiro atoms. The number of hydrogen-bond acceptors (Lipinski definition) is 2. The van der Waals surface area contributed by atoms with E-state index in [1.165, 1.54) is 12.1 Å². The van der Waals surface area contributed by atoms with Gasteiger partial charge in [0, 0.05) is 6.07 Å². The van der Waals surface area contributed by atoms with E-state index in [4.69, 9.17) is 4.74 Å². The average Bonchev–Trinajstić information content (AvgIpc) is 2.15. The standard InChI is InChI=1S/C11H15FO2/c1-3-11(2,13)8-14-10-6-4-5-9(12)7-10/h4-7,13H,3,8H2,1-2H3. The molecule has 2 nitrogen and oxygen atoms in total. The Kier molecular flexibility index (Phi) is 3.47. The Morgan fingerprint density at radius 3 is 2.79 bits per heavy atom. The van der Waals surface area contributed by atoms with E-state index < -0.39 is 5.60 Å². The smallest absolute Gasteiger partial charge is 0.126 e. The zero-order chi connectivity index (χ0) is 10.6. The molecule has 1 atom stereocenters. The Morgan fingerprint density at radius 1 is 1.50 bits per heavy atom. The minimum atomic E-state index is -0.855. The van der Waals surface area contributed by atoms with Gasteiger partial charge in [-0.05, 0) is 25.5 Å². The van der Waals surface area contributed by atoms with Crippen LogP contribution in [-0.2, 0) is 0 Å². The molecule has 1 rings (SSSR count). The van der Waals surface area contributed by atoms with Gasteiger partial charge in [-0.2, -0.15) is 0 Å². The van der Waals surface area contributed by atoms with Gasteiger partial charge in [-0.1, -0.05) is 13.0 Å². The predicted octanol–water partition coefficient (Wildman–Crippen LogP) is 2.37. The molecule has 0 fully saturated rings. The molecule has 1 aromatic carbocycles. The molecule has 0 aliphatic rings. The summed E-state index contributed by atoms with van der Waals surface area (Å²) in [5, 5.41) is 9.64. The zero-order valence-electron chi connectivity index (χ0n) is 8.46. The Hall–Kier alpha value is -1.09. The molecule has 0 heterocycles. The quantitative estimate of drug-likeness (QED) is 0.804. The van der Waals surface area contributed by atoms with Crippen molar-refractivity contribution in [1.29, 1.82) is 0 Å². The van der Waals surface area contributed by atoms with Crippen LogP contribution in [0.5, 0.6) is 5.75 Å². The van der Waals surface area contributed by atoms with Crippen molar-refractivity contribution in [3.05, 3.63) is 30.1 Å². The van der Waals surface area contributed by atoms with Gasteiger partial charge in [-0.25, -0.2) is 4.39 Å². The minimum Gasteiger partial charge on any atom is -0.491 e. The molecular weight excluding hydrogens is 183 g/mol. The lowest BCUT2D eigenvalue weighted by Gasteiger charge is -2.21. The van der Waals surface area contributed by atoms with E-state index in [0.29, 0.717) is 12.2 Å². The maximum absolute atomic E-state index is 12.7. The minimum absolute atomic E-state index is 0.174. The summed E-state index contributed by atoms with van der Waals surface area (Å²) < 4.78 is 18.0. The Bertz CT molecular complexity index is 297. The maximum Gasteiger partial charge on any atom is 0.126 e. The molecular formula is C11H15FO2. The number of halogens is 1. The van der Waals surface area contributed by atoms with Crippen LogP contribution < -0.4 is 4.74 Å². The van der Waals surface area contributed by atoms with Crippen molar-refractivity contribution < 1.29 is 14.2 Å². The Labute approximate surface area is 83.3 Å². The van der Waals surface area contributed by atoms with Crippen LogP contribution in [0.3, 0.4) is 0 Å². The summed E-state index contributed by atoms with van der Waals surface area (Å²) in [6, 6.07) is 5.89. The summed E-state index contributed by atoms with van der Waals surface area (Å²) in [6.07, 6.45) is 0.600. The molecule has 0 aliphatic heterocycles. The highest BCUT2D eigenvalue weighted by Crippen LogP contribution is 2.15. The molecule has 0 aliphatic carbocycles. The molecule has 0 aromatic heterocycles. The SMILES string of the molecule is CCC(C)(O)COc1cccc(F)c1. The van der Waals surface area contributed by atoms with E-state index in [1.807, 2.05) is 6.92 Å². The third-order valence-corrected chi connectivity index (χ3v) is 2.11. The van der Waals surface area contributed by atoms with E-state index in [9.17, 15) is 9.50 Å². The van der Waals surface area contributed by atoms with Crippen LogP contribution in [0.2, 0.25) is 0 Å². The van der Waals surface area contributed by atoms with E-state index in [0.717, 1.165) is 0 Å². The van der Waals surface area contributed by atoms with Gasteiger partial charge in [0.1, 0.15) is 18.2 Å². The van der Waals surface area contributed by atoms with E-state index >= 15 is 0 Å². The second kappa shape index (κ2) is 4.42. The molecule has 1 aromatic rings. The third kappa shape index (κ3) is 3.34. The average molecular weight is 198 g/mol. The molecule has 0 bridgehead atoms. The van der Waals surface area contributed by atoms with Crippen LogP contribution in [0, 0.1) is 5.82 Å². The zero-order valence-corrected chi connectivity index (χ0v) is 8.46. The van der Waals surface area contributed by atoms with Crippen LogP contribution in [0.4, 0.5) is 4.39 Å². The van der Waals surface area contributed by atoms with Crippen LogP contribution in [0.1, 0.15) is 20.3 Å². The number of aliphatic hydroxyl groups is 1. The van der Waals surface area contributed by atoms with Crippen molar-refractivity contribution in [3.8, 4) is 5.75 Å². The van der Waals surface area contributed by atoms with Crippen molar-refractivity contribution in [2.24, 2.45) is 0 Å². The first kappa shape index (κ1) is 11.0. The lowest BCUT2D eigenvalue weighted by Crippen LogP contribution is -2.31. The van der Waals surface area contributed by atoms with Crippen LogP contribution >= 0.6 is 0 Å². The van der Waals surface area contributed by atoms with E-state index in [1.54, 1.807) is 19.1 Å². The summed E-state index contributed by atoms with van der Waals surface area (Å²) in [5.74, 6) is 0.109. The summed E-state index contributed by atoms with van der Waals surface area (Å²) in [5.41, 5.74) is -0.855. The first-order valence-electron chi connectivity index (χ1n) is 4.64. The van der Waals surface area contributed by atoms with Gasteiger partial charge in [0.25, 0.3) is 0 Å². The second-order valence-electron chi connectivity index (χ2n) is 3.60. The third-order valence-electron chi connectivity index (χ3n) is 2.11. The Morgan fingerprint density at radius 2 is 2.21 bits per heavy atom. The van der Waals surface area contributed by atoms with Gasteiger partial charge >= 0.3 is 0 Å². The molecule has 0 saturated heterocycles. The van der Waals surface area contributed by atoms with Gasteiger partial charge in [0.2, 0.25) is 0 Å². The largest absolute Gasteiger partial charge is 0.491 e. The second-order valence-corrected chi connectivity index (χ2v) is 3.60. The fourth-order valence-electron chi connectivity index (χ4n) is 0.898. The first-order chi connectivity index (χ1) is 6.53. The van der Waals surface area contributed by atoms with E-state index in [2.05, 4.69) is 0 Å². The highest BCUT2D eigenvalue weighted by atomic mass is 19.1. The van der Waals surface area contributed by atoms with Crippen LogP contribution in [0.25, 0.3) is 0 Å². The molecule has 0 radical (unpaired) electrons. The highest BCUT2D eigenvalue weighted by Gasteiger charge is 2.18. The Balaban J connectivity index is 2.54. The fraction of sp³-hybridized carbons (Fsp3) is 0.455. The van der Waals surface area contributed by atoms with Gasteiger partial charge in [-0.15, -0.1) is 0 Å². The topological polar surface area (TPSA) is 29.5 Å². The summed E-state index contributed by atoms with van der Waals surface area (Å²) >= 11 is 0. The lowest BCUT2D eigenvalue weighted by molar-refractivity contribution is 0.00837. The number of ether oxygens (including phenoxy) is 1. The number of hydrogen-bond donors (Lipinski definition) is 1. The van der Waals surface area contributed by atoms with Crippen molar-refractivity contribution in [2.45, 2.75) is 25.9 Å². The first-order valence-corrected chi connectivity index (χ1v) is 4.64. The van der Waals surface area contributed by atoms with Crippen molar-refractivity contribution in [3.63, 3.8) is 0 Å². The highest BCUT2D eigenvalue weighted by molar-refractivity contribution is 5.22. The van der Waals surface area contributed by atoms with Crippen molar-refractivity contribution >= 4 is 0 Å². The van der Waals surface area contributed by atoms with Crippen LogP contribution in [0.15, 0.2) is 24.3 Å². The monoisotopic (exact) mass is 198 g/mol. The number of benzene rings is 1. The van der Waals surface area contributed by atoms with Crippen LogP contribution in [-0.4, -0.2) is 17.3 Å². The summed E-state index contributed by atoms with van der Waals surface area (Å²) in [4.78, 5) is 0. The maximum atomic E-state index is 12.7. The van der Waals surface area contributed by atoms with Gasteiger partial charge in [-0.3, -0.25) is 0 Å². The van der Waals surface area contributed by atoms with E-state index in [-0.39, 0.29) is 12.4 Å². The van der Waals surface area contributed by atoms with Gasteiger partial charge < -0.3 is 9.84 Å². The molecule has 0 saturated carbocycles. The van der Waals surface area contributed by atoms with Gasteiger partial charge in [0.15, 0.2) is 0 Å². The molecule has 0 amide bonds. The molecule has 3 heteroatoms. The molecule has 78 valence electrons. The van der Waals surface area contributed by atoms with Crippen molar-refractivity contribution in [1.82, 2.24) is 0 Å². The number of rotatable bonds is 4. The molecule has 14 heavy (non-hydrogen) atoms. The fourth-order valence-corrected chi connectivity index (χ4v) is 0.898. The van der Waals surface area contributed by atoms with Gasteiger partial charge in [0.05, 0.1) is 5.60 Å². The lowest BCUT2D eigenvalue weighted by atomic mass is 10.1. The molecule has 1 N–H and O–H groups in total. The summed E-state index contributed by atoms with van der Waals surface area (Å²) in [7, 11) is 0. The van der Waals surface area contributed by atoms with Crippen molar-refractivity contribution in [2.75, 3.05) is 6.61 Å². The predicted molar refractivity (Wildman–Crippen MR) is 52.8 cm³/mol.